The summed E-state index contributed by atoms with van der Waals surface area (Å²) in [4.78, 5) is 19.6. The van der Waals surface area contributed by atoms with Gasteiger partial charge < -0.3 is 10.2 Å². The number of amides is 2. The number of hydrogen-bond acceptors (Lipinski definition) is 3. The van der Waals surface area contributed by atoms with Crippen LogP contribution in [-0.4, -0.2) is 44.3 Å². The number of aromatic nitrogens is 3. The first-order valence-corrected chi connectivity index (χ1v) is 11.5. The Labute approximate surface area is 182 Å². The molecule has 1 saturated heterocycles. The Morgan fingerprint density at radius 3 is 2.71 bits per heavy atom. The molecule has 4 heterocycles. The van der Waals surface area contributed by atoms with Crippen LogP contribution in [0.25, 0.3) is 22.2 Å². The van der Waals surface area contributed by atoms with Gasteiger partial charge in [0.15, 0.2) is 0 Å². The Morgan fingerprint density at radius 2 is 1.90 bits per heavy atom. The number of nitrogens with zero attached hydrogens (tertiary/aromatic N) is 4. The molecule has 6 heteroatoms. The molecular weight excluding hydrogens is 386 g/mol. The van der Waals surface area contributed by atoms with Crippen LogP contribution in [0.3, 0.4) is 0 Å². The van der Waals surface area contributed by atoms with Gasteiger partial charge in [0.05, 0.1) is 11.2 Å². The second-order valence-corrected chi connectivity index (χ2v) is 10.00. The van der Waals surface area contributed by atoms with Crippen molar-refractivity contribution in [1.82, 2.24) is 25.0 Å². The molecule has 0 radical (unpaired) electrons. The normalized spacial score (nSPS) is 23.6. The van der Waals surface area contributed by atoms with E-state index < -0.39 is 0 Å². The van der Waals surface area contributed by atoms with Crippen molar-refractivity contribution >= 4 is 16.9 Å². The van der Waals surface area contributed by atoms with Crippen molar-refractivity contribution in [2.45, 2.75) is 57.0 Å². The molecule has 3 aromatic rings. The lowest BCUT2D eigenvalue weighted by Crippen LogP contribution is -2.48. The second kappa shape index (κ2) is 6.55. The van der Waals surface area contributed by atoms with Crippen LogP contribution in [-0.2, 0) is 12.0 Å². The molecule has 1 aromatic carbocycles. The molecule has 6 rings (SSSR count). The van der Waals surface area contributed by atoms with Gasteiger partial charge in [0.2, 0.25) is 0 Å². The van der Waals surface area contributed by atoms with Crippen molar-refractivity contribution in [2.24, 2.45) is 5.92 Å². The van der Waals surface area contributed by atoms with Crippen molar-refractivity contribution in [2.75, 3.05) is 13.1 Å². The van der Waals surface area contributed by atoms with Crippen LogP contribution in [0.2, 0.25) is 0 Å². The third kappa shape index (κ3) is 2.95. The van der Waals surface area contributed by atoms with Crippen molar-refractivity contribution in [3.8, 4) is 11.3 Å². The number of carbonyl (C=O) groups excluding carboxylic acids is 1. The zero-order chi connectivity index (χ0) is 21.2. The summed E-state index contributed by atoms with van der Waals surface area (Å²) in [6.07, 6.45) is 6.19. The van der Waals surface area contributed by atoms with Crippen LogP contribution >= 0.6 is 0 Å². The van der Waals surface area contributed by atoms with E-state index in [1.165, 1.54) is 5.69 Å². The zero-order valence-corrected chi connectivity index (χ0v) is 18.3. The second-order valence-electron chi connectivity index (χ2n) is 10.00. The van der Waals surface area contributed by atoms with Crippen LogP contribution in [0.4, 0.5) is 4.79 Å². The average molecular weight is 416 g/mol. The number of aryl methyl sites for hydroxylation is 1. The lowest BCUT2D eigenvalue weighted by atomic mass is 9.82. The molecule has 1 spiro atoms. The highest BCUT2D eigenvalue weighted by molar-refractivity contribution is 5.83. The highest BCUT2D eigenvalue weighted by Crippen LogP contribution is 2.45. The topological polar surface area (TPSA) is 63.1 Å². The van der Waals surface area contributed by atoms with Gasteiger partial charge in [-0.25, -0.2) is 4.79 Å². The number of benzene rings is 1. The van der Waals surface area contributed by atoms with E-state index in [2.05, 4.69) is 47.0 Å². The summed E-state index contributed by atoms with van der Waals surface area (Å²) in [6.45, 7) is 6.93. The van der Waals surface area contributed by atoms with Gasteiger partial charge in [-0.1, -0.05) is 32.0 Å². The van der Waals surface area contributed by atoms with E-state index in [1.807, 2.05) is 29.3 Å². The maximum atomic E-state index is 13.0. The smallest absolute Gasteiger partial charge is 0.317 e. The summed E-state index contributed by atoms with van der Waals surface area (Å²) < 4.78 is 2.16. The third-order valence-corrected chi connectivity index (χ3v) is 7.90. The molecule has 2 aromatic heterocycles. The number of carbonyl (C=O) groups is 1. The third-order valence-electron chi connectivity index (χ3n) is 7.90. The van der Waals surface area contributed by atoms with Gasteiger partial charge in [0, 0.05) is 53.4 Å². The van der Waals surface area contributed by atoms with Crippen LogP contribution in [0.1, 0.15) is 45.2 Å². The molecule has 1 aliphatic carbocycles. The molecular formula is C25H29N5O. The molecule has 1 N–H and O–H groups in total. The Hall–Kier alpha value is -2.89. The molecule has 160 valence electrons. The summed E-state index contributed by atoms with van der Waals surface area (Å²) in [5.74, 6) is 0.485. The molecule has 6 nitrogen and oxygen atoms in total. The van der Waals surface area contributed by atoms with Crippen LogP contribution in [0.5, 0.6) is 0 Å². The Balaban J connectivity index is 1.24. The minimum atomic E-state index is 0.0283. The molecule has 1 unspecified atom stereocenters. The number of hydrogen-bond donors (Lipinski definition) is 1. The molecule has 3 aliphatic rings. The van der Waals surface area contributed by atoms with Gasteiger partial charge >= 0.3 is 6.03 Å². The van der Waals surface area contributed by atoms with E-state index in [1.54, 1.807) is 0 Å². The summed E-state index contributed by atoms with van der Waals surface area (Å²) >= 11 is 0. The predicted molar refractivity (Wildman–Crippen MR) is 121 cm³/mol. The van der Waals surface area contributed by atoms with Crippen molar-refractivity contribution in [1.29, 1.82) is 0 Å². The largest absolute Gasteiger partial charge is 0.332 e. The molecule has 1 atom stereocenters. The molecule has 1 saturated carbocycles. The van der Waals surface area contributed by atoms with Crippen LogP contribution < -0.4 is 5.32 Å². The average Bonchev–Trinajstić information content (AvgIpc) is 3.13. The molecule has 31 heavy (non-hydrogen) atoms. The molecule has 2 fully saturated rings. The Bertz CT molecular complexity index is 1180. The van der Waals surface area contributed by atoms with Gasteiger partial charge in [0.1, 0.15) is 0 Å². The van der Waals surface area contributed by atoms with Crippen LogP contribution in [0, 0.1) is 5.92 Å². The lowest BCUT2D eigenvalue weighted by Gasteiger charge is -2.27. The molecule has 2 amide bonds. The summed E-state index contributed by atoms with van der Waals surface area (Å²) in [5, 5.41) is 9.38. The fraction of sp³-hybridized carbons (Fsp3) is 0.480. The van der Waals surface area contributed by atoms with Crippen molar-refractivity contribution in [3.63, 3.8) is 0 Å². The quantitative estimate of drug-likeness (QED) is 0.692. The van der Waals surface area contributed by atoms with E-state index >= 15 is 0 Å². The first kappa shape index (κ1) is 18.8. The van der Waals surface area contributed by atoms with E-state index in [-0.39, 0.29) is 17.0 Å². The number of likely N-dealkylation sites (tertiary alicyclic amines) is 1. The minimum Gasteiger partial charge on any atom is -0.332 e. The van der Waals surface area contributed by atoms with Gasteiger partial charge in [-0.15, -0.1) is 0 Å². The van der Waals surface area contributed by atoms with Gasteiger partial charge in [-0.2, -0.15) is 5.10 Å². The number of nitrogens with one attached hydrogen (secondary N) is 1. The summed E-state index contributed by atoms with van der Waals surface area (Å²) in [5.41, 5.74) is 4.36. The number of pyridine rings is 1. The van der Waals surface area contributed by atoms with Gasteiger partial charge in [0.25, 0.3) is 0 Å². The first-order valence-electron chi connectivity index (χ1n) is 11.5. The minimum absolute atomic E-state index is 0.0283. The maximum absolute atomic E-state index is 13.0. The monoisotopic (exact) mass is 415 g/mol. The predicted octanol–water partition coefficient (Wildman–Crippen LogP) is 4.34. The number of para-hydroxylation sites is 1. The Morgan fingerprint density at radius 1 is 1.10 bits per heavy atom. The fourth-order valence-electron chi connectivity index (χ4n) is 5.55. The number of rotatable bonds is 3. The van der Waals surface area contributed by atoms with E-state index in [4.69, 9.17) is 5.10 Å². The fourth-order valence-corrected chi connectivity index (χ4v) is 5.55. The SMILES string of the molecule is CC(C)C1(NC(=O)N2CCC3(CCn4nc(-c5cnc6ccccc6c5)cc43)C2)CC1. The van der Waals surface area contributed by atoms with E-state index in [0.717, 1.165) is 67.5 Å². The molecule has 0 bridgehead atoms. The van der Waals surface area contributed by atoms with Crippen molar-refractivity contribution < 1.29 is 4.79 Å². The maximum Gasteiger partial charge on any atom is 0.317 e. The van der Waals surface area contributed by atoms with Crippen LogP contribution in [0.15, 0.2) is 42.6 Å². The Kier molecular flexibility index (Phi) is 3.98. The highest BCUT2D eigenvalue weighted by Gasteiger charge is 2.50. The highest BCUT2D eigenvalue weighted by atomic mass is 16.2. The summed E-state index contributed by atoms with van der Waals surface area (Å²) in [6, 6.07) is 12.7. The first-order chi connectivity index (χ1) is 15.0. The number of urea groups is 1. The zero-order valence-electron chi connectivity index (χ0n) is 18.3. The van der Waals surface area contributed by atoms with E-state index in [9.17, 15) is 4.79 Å². The lowest BCUT2D eigenvalue weighted by molar-refractivity contribution is 0.195. The summed E-state index contributed by atoms with van der Waals surface area (Å²) in [7, 11) is 0. The van der Waals surface area contributed by atoms with Gasteiger partial charge in [-0.05, 0) is 49.8 Å². The standard InChI is InChI=1S/C25H29N5O/c1-17(2)25(7-8-25)27-23(31)29-11-9-24(16-29)10-12-30-22(24)14-21(28-30)19-13-18-5-3-4-6-20(18)26-15-19/h3-6,13-15,17H,7-12,16H2,1-2H3,(H,27,31). The number of fused-ring (bicyclic) bond motifs is 3. The molecule has 2 aliphatic heterocycles. The van der Waals surface area contributed by atoms with Crippen molar-refractivity contribution in [3.05, 3.63) is 48.3 Å². The van der Waals surface area contributed by atoms with E-state index in [0.29, 0.717) is 5.92 Å². The van der Waals surface area contributed by atoms with Gasteiger partial charge in [-0.3, -0.25) is 9.67 Å².